The predicted molar refractivity (Wildman–Crippen MR) is 146 cm³/mol. The van der Waals surface area contributed by atoms with Crippen LogP contribution in [-0.4, -0.2) is 35.9 Å². The van der Waals surface area contributed by atoms with Crippen LogP contribution in [0.4, 0.5) is 0 Å². The Hall–Kier alpha value is -3.67. The molecule has 3 aromatic carbocycles. The summed E-state index contributed by atoms with van der Waals surface area (Å²) >= 11 is 0. The number of ether oxygens (including phenoxy) is 1. The van der Waals surface area contributed by atoms with Crippen LogP contribution in [-0.2, 0) is 15.0 Å². The van der Waals surface area contributed by atoms with Crippen molar-refractivity contribution in [3.05, 3.63) is 76.9 Å². The van der Waals surface area contributed by atoms with Gasteiger partial charge in [-0.1, -0.05) is 71.0 Å². The minimum absolute atomic E-state index is 0.0530. The lowest BCUT2D eigenvalue weighted by Gasteiger charge is -2.34. The zero-order chi connectivity index (χ0) is 27.4. The zero-order valence-electron chi connectivity index (χ0n) is 22.6. The van der Waals surface area contributed by atoms with E-state index >= 15 is 0 Å². The number of carbonyl (C=O) groups is 3. The molecule has 0 aliphatic rings. The van der Waals surface area contributed by atoms with Crippen molar-refractivity contribution in [1.29, 1.82) is 0 Å². The fourth-order valence-corrected chi connectivity index (χ4v) is 4.64. The van der Waals surface area contributed by atoms with Gasteiger partial charge < -0.3 is 15.2 Å². The van der Waals surface area contributed by atoms with Gasteiger partial charge in [0, 0.05) is 16.4 Å². The molecule has 1 amide bonds. The lowest BCUT2D eigenvalue weighted by molar-refractivity contribution is -0.135. The predicted octanol–water partition coefficient (Wildman–Crippen LogP) is 6.06. The lowest BCUT2D eigenvalue weighted by atomic mass is 9.70. The molecule has 0 heterocycles. The molecule has 0 unspecified atom stereocenters. The number of carbonyl (C=O) groups excluding carboxylic acids is 2. The molecule has 0 aliphatic carbocycles. The van der Waals surface area contributed by atoms with Crippen molar-refractivity contribution in [2.75, 3.05) is 13.2 Å². The van der Waals surface area contributed by atoms with E-state index in [1.54, 1.807) is 12.1 Å². The Balaban J connectivity index is 1.92. The molecule has 0 fully saturated rings. The number of aryl methyl sites for hydroxylation is 1. The SMILES string of the molecule is CCC(CC)(c1ccc(OCC(=O)C(C)(C)C)c(C)c1)c1ccc2cc(C(=O)NCC(=O)O)ccc2c1. The highest BCUT2D eigenvalue weighted by Crippen LogP contribution is 2.41. The first kappa shape index (κ1) is 27.9. The normalized spacial score (nSPS) is 11.8. The maximum Gasteiger partial charge on any atom is 0.322 e. The van der Waals surface area contributed by atoms with Crippen molar-refractivity contribution < 1.29 is 24.2 Å². The van der Waals surface area contributed by atoms with Gasteiger partial charge in [-0.25, -0.2) is 0 Å². The lowest BCUT2D eigenvalue weighted by Crippen LogP contribution is -2.29. The van der Waals surface area contributed by atoms with Crippen LogP contribution < -0.4 is 10.1 Å². The molecular weight excluding hydrogens is 466 g/mol. The molecule has 0 aromatic heterocycles. The second-order valence-corrected chi connectivity index (χ2v) is 10.6. The van der Waals surface area contributed by atoms with Crippen LogP contribution in [0.25, 0.3) is 10.8 Å². The van der Waals surface area contributed by atoms with E-state index in [4.69, 9.17) is 9.84 Å². The monoisotopic (exact) mass is 503 g/mol. The van der Waals surface area contributed by atoms with Gasteiger partial charge in [0.1, 0.15) is 18.9 Å². The van der Waals surface area contributed by atoms with Crippen molar-refractivity contribution in [2.24, 2.45) is 5.41 Å². The van der Waals surface area contributed by atoms with E-state index in [9.17, 15) is 14.4 Å². The second-order valence-electron chi connectivity index (χ2n) is 10.6. The summed E-state index contributed by atoms with van der Waals surface area (Å²) in [5, 5.41) is 13.1. The van der Waals surface area contributed by atoms with Gasteiger partial charge in [0.05, 0.1) is 0 Å². The van der Waals surface area contributed by atoms with Crippen LogP contribution >= 0.6 is 0 Å². The highest BCUT2D eigenvalue weighted by Gasteiger charge is 2.31. The standard InChI is InChI=1S/C31H37NO5/c1-7-31(8-2,24-13-14-26(20(3)15-24)37-19-27(33)30(4,5)6)25-12-11-21-16-23(10-9-22(21)17-25)29(36)32-18-28(34)35/h9-17H,7-8,18-19H2,1-6H3,(H,32,36)(H,34,35). The maximum atomic E-state index is 12.3. The summed E-state index contributed by atoms with van der Waals surface area (Å²) in [5.41, 5.74) is 3.14. The second kappa shape index (κ2) is 11.2. The van der Waals surface area contributed by atoms with E-state index in [-0.39, 0.29) is 17.8 Å². The number of amides is 1. The molecule has 37 heavy (non-hydrogen) atoms. The molecule has 6 heteroatoms. The van der Waals surface area contributed by atoms with Crippen molar-refractivity contribution in [2.45, 2.75) is 59.8 Å². The first-order valence-electron chi connectivity index (χ1n) is 12.7. The fraction of sp³-hybridized carbons (Fsp3) is 0.387. The summed E-state index contributed by atoms with van der Waals surface area (Å²) < 4.78 is 5.87. The van der Waals surface area contributed by atoms with Crippen molar-refractivity contribution in [1.82, 2.24) is 5.32 Å². The quantitative estimate of drug-likeness (QED) is 0.351. The van der Waals surface area contributed by atoms with Crippen LogP contribution in [0.5, 0.6) is 5.75 Å². The molecule has 0 saturated carbocycles. The number of fused-ring (bicyclic) bond motifs is 1. The summed E-state index contributed by atoms with van der Waals surface area (Å²) in [7, 11) is 0. The van der Waals surface area contributed by atoms with Crippen LogP contribution in [0.15, 0.2) is 54.6 Å². The third-order valence-electron chi connectivity index (χ3n) is 7.19. The number of carboxylic acid groups (broad SMARTS) is 1. The van der Waals surface area contributed by atoms with E-state index in [1.165, 1.54) is 11.1 Å². The Bertz CT molecular complexity index is 1310. The Morgan fingerprint density at radius 3 is 2.05 bits per heavy atom. The summed E-state index contributed by atoms with van der Waals surface area (Å²) in [5.74, 6) is -0.713. The molecule has 2 N–H and O–H groups in total. The number of carboxylic acids is 1. The molecule has 6 nitrogen and oxygen atoms in total. The topological polar surface area (TPSA) is 92.7 Å². The molecule has 0 spiro atoms. The third kappa shape index (κ3) is 6.19. The van der Waals surface area contributed by atoms with E-state index in [1.807, 2.05) is 45.9 Å². The first-order valence-corrected chi connectivity index (χ1v) is 12.7. The number of nitrogens with one attached hydrogen (secondary N) is 1. The van der Waals surface area contributed by atoms with Crippen LogP contribution in [0.2, 0.25) is 0 Å². The molecule has 196 valence electrons. The number of ketones is 1. The van der Waals surface area contributed by atoms with Crippen LogP contribution in [0.1, 0.15) is 74.5 Å². The third-order valence-corrected chi connectivity index (χ3v) is 7.19. The van der Waals surface area contributed by atoms with Gasteiger partial charge in [0.15, 0.2) is 5.78 Å². The summed E-state index contributed by atoms with van der Waals surface area (Å²) in [6.45, 7) is 11.7. The average molecular weight is 504 g/mol. The summed E-state index contributed by atoms with van der Waals surface area (Å²) in [6, 6.07) is 17.9. The number of benzene rings is 3. The van der Waals surface area contributed by atoms with Gasteiger partial charge in [0.2, 0.25) is 0 Å². The largest absolute Gasteiger partial charge is 0.486 e. The molecular formula is C31H37NO5. The van der Waals surface area contributed by atoms with Gasteiger partial charge in [-0.3, -0.25) is 14.4 Å². The minimum atomic E-state index is -1.08. The molecule has 0 saturated heterocycles. The average Bonchev–Trinajstić information content (AvgIpc) is 2.86. The smallest absolute Gasteiger partial charge is 0.322 e. The summed E-state index contributed by atoms with van der Waals surface area (Å²) in [4.78, 5) is 35.3. The number of Topliss-reactive ketones (excluding diaryl/α,β-unsaturated/α-hetero) is 1. The molecule has 0 atom stereocenters. The number of hydrogen-bond donors (Lipinski definition) is 2. The summed E-state index contributed by atoms with van der Waals surface area (Å²) in [6.07, 6.45) is 1.79. The Kier molecular flexibility index (Phi) is 8.42. The van der Waals surface area contributed by atoms with Gasteiger partial charge in [-0.05, 0) is 65.4 Å². The Labute approximate surface area is 219 Å². The van der Waals surface area contributed by atoms with E-state index in [0.29, 0.717) is 5.56 Å². The van der Waals surface area contributed by atoms with Gasteiger partial charge in [-0.15, -0.1) is 0 Å². The molecule has 0 aliphatic heterocycles. The maximum absolute atomic E-state index is 12.3. The molecule has 0 bridgehead atoms. The van der Waals surface area contributed by atoms with E-state index in [0.717, 1.165) is 34.9 Å². The minimum Gasteiger partial charge on any atom is -0.486 e. The van der Waals surface area contributed by atoms with Crippen LogP contribution in [0.3, 0.4) is 0 Å². The highest BCUT2D eigenvalue weighted by molar-refractivity contribution is 5.99. The van der Waals surface area contributed by atoms with Gasteiger partial charge >= 0.3 is 5.97 Å². The molecule has 3 aromatic rings. The Morgan fingerprint density at radius 2 is 1.46 bits per heavy atom. The highest BCUT2D eigenvalue weighted by atomic mass is 16.5. The fourth-order valence-electron chi connectivity index (χ4n) is 4.64. The van der Waals surface area contributed by atoms with E-state index in [2.05, 4.69) is 43.4 Å². The van der Waals surface area contributed by atoms with Gasteiger partial charge in [0.25, 0.3) is 5.91 Å². The number of rotatable bonds is 10. The van der Waals surface area contributed by atoms with Crippen molar-refractivity contribution in [3.8, 4) is 5.75 Å². The van der Waals surface area contributed by atoms with Crippen molar-refractivity contribution in [3.63, 3.8) is 0 Å². The number of hydrogen-bond acceptors (Lipinski definition) is 4. The molecule has 3 rings (SSSR count). The number of aliphatic carboxylic acids is 1. The van der Waals surface area contributed by atoms with E-state index < -0.39 is 23.8 Å². The zero-order valence-corrected chi connectivity index (χ0v) is 22.6. The van der Waals surface area contributed by atoms with Crippen LogP contribution in [0, 0.1) is 12.3 Å². The molecule has 0 radical (unpaired) electrons. The first-order chi connectivity index (χ1) is 17.4. The Morgan fingerprint density at radius 1 is 0.865 bits per heavy atom. The van der Waals surface area contributed by atoms with Gasteiger partial charge in [-0.2, -0.15) is 0 Å². The van der Waals surface area contributed by atoms with Crippen molar-refractivity contribution >= 4 is 28.4 Å².